The van der Waals surface area contributed by atoms with Gasteiger partial charge in [-0.15, -0.1) is 0 Å². The van der Waals surface area contributed by atoms with Crippen LogP contribution in [0.25, 0.3) is 0 Å². The Hall–Kier alpha value is -4.80. The van der Waals surface area contributed by atoms with E-state index in [0.29, 0.717) is 72.9 Å². The summed E-state index contributed by atoms with van der Waals surface area (Å²) in [7, 11) is 0. The molecule has 13 nitrogen and oxygen atoms in total. The number of nitriles is 1. The van der Waals surface area contributed by atoms with Gasteiger partial charge in [-0.05, 0) is 73.9 Å². The molecule has 2 aromatic carbocycles. The number of hydrogen-bond donors (Lipinski definition) is 2. The van der Waals surface area contributed by atoms with Crippen molar-refractivity contribution in [2.75, 3.05) is 13.1 Å². The van der Waals surface area contributed by atoms with Crippen LogP contribution in [-0.4, -0.2) is 87.5 Å². The number of rotatable bonds is 7. The fourth-order valence-electron chi connectivity index (χ4n) is 11.6. The van der Waals surface area contributed by atoms with Gasteiger partial charge in [-0.3, -0.25) is 43.9 Å². The lowest BCUT2D eigenvalue weighted by Gasteiger charge is -2.70. The van der Waals surface area contributed by atoms with E-state index in [0.717, 1.165) is 28.9 Å². The van der Waals surface area contributed by atoms with Crippen molar-refractivity contribution in [1.29, 1.82) is 5.26 Å². The van der Waals surface area contributed by atoms with Gasteiger partial charge in [0.15, 0.2) is 0 Å². The van der Waals surface area contributed by atoms with Gasteiger partial charge >= 0.3 is 0 Å². The first-order chi connectivity index (χ1) is 26.5. The number of fused-ring (bicyclic) bond motifs is 2. The number of amides is 6. The van der Waals surface area contributed by atoms with Gasteiger partial charge in [0, 0.05) is 61.6 Å². The second kappa shape index (κ2) is 12.3. The predicted octanol–water partition coefficient (Wildman–Crippen LogP) is 4.09. The van der Waals surface area contributed by atoms with Crippen LogP contribution >= 0.6 is 11.6 Å². The summed E-state index contributed by atoms with van der Waals surface area (Å²) in [5.74, 6) is -1.27. The van der Waals surface area contributed by atoms with Crippen molar-refractivity contribution in [3.05, 3.63) is 63.2 Å². The van der Waals surface area contributed by atoms with Gasteiger partial charge < -0.3 is 15.0 Å². The topological polar surface area (TPSA) is 169 Å². The number of benzene rings is 2. The van der Waals surface area contributed by atoms with Crippen LogP contribution in [0.2, 0.25) is 5.02 Å². The fourth-order valence-corrected chi connectivity index (χ4v) is 11.8. The van der Waals surface area contributed by atoms with Crippen LogP contribution in [0.1, 0.15) is 110 Å². The molecule has 2 N–H and O–H groups in total. The third-order valence-corrected chi connectivity index (χ3v) is 14.5. The maximum atomic E-state index is 13.9. The van der Waals surface area contributed by atoms with E-state index in [1.54, 1.807) is 30.3 Å². The summed E-state index contributed by atoms with van der Waals surface area (Å²) in [5.41, 5.74) is 1.26. The number of imide groups is 2. The first-order valence-corrected chi connectivity index (χ1v) is 19.9. The molecule has 4 aliphatic heterocycles. The monoisotopic (exact) mass is 780 g/mol. The number of carbonyl (C=O) groups excluding carboxylic acids is 6. The molecule has 1 unspecified atom stereocenters. The number of nitrogens with one attached hydrogen (secondary N) is 2. The zero-order valence-electron chi connectivity index (χ0n) is 32.0. The zero-order valence-corrected chi connectivity index (χ0v) is 32.8. The summed E-state index contributed by atoms with van der Waals surface area (Å²) >= 11 is 6.25. The van der Waals surface area contributed by atoms with Crippen LogP contribution in [-0.2, 0) is 32.3 Å². The molecule has 2 bridgehead atoms. The molecular weight excluding hydrogens is 736 g/mol. The smallest absolute Gasteiger partial charge is 0.262 e. The predicted molar refractivity (Wildman–Crippen MR) is 201 cm³/mol. The third-order valence-electron chi connectivity index (χ3n) is 14.2. The number of piperidine rings is 2. The summed E-state index contributed by atoms with van der Waals surface area (Å²) < 4.78 is 6.39. The molecule has 6 fully saturated rings. The summed E-state index contributed by atoms with van der Waals surface area (Å²) in [6.07, 6.45) is 3.35. The molecule has 4 saturated carbocycles. The molecule has 10 rings (SSSR count). The average molecular weight is 781 g/mol. The van der Waals surface area contributed by atoms with Crippen molar-refractivity contribution in [2.45, 2.75) is 110 Å². The minimum Gasteiger partial charge on any atom is -0.489 e. The third kappa shape index (κ3) is 5.28. The molecule has 2 aromatic rings. The lowest BCUT2D eigenvalue weighted by Crippen LogP contribution is -2.78. The van der Waals surface area contributed by atoms with E-state index < -0.39 is 40.5 Å². The van der Waals surface area contributed by atoms with Gasteiger partial charge in [0.2, 0.25) is 23.6 Å². The van der Waals surface area contributed by atoms with Gasteiger partial charge in [0.25, 0.3) is 11.8 Å². The van der Waals surface area contributed by atoms with Gasteiger partial charge in [-0.2, -0.15) is 5.26 Å². The maximum absolute atomic E-state index is 13.9. The fraction of sp³-hybridized carbons (Fsp3) is 0.548. The molecule has 56 heavy (non-hydrogen) atoms. The van der Waals surface area contributed by atoms with Gasteiger partial charge in [-0.25, -0.2) is 0 Å². The molecule has 1 atom stereocenters. The van der Waals surface area contributed by atoms with Crippen molar-refractivity contribution < 1.29 is 33.5 Å². The number of halogens is 1. The molecule has 292 valence electrons. The van der Waals surface area contributed by atoms with Crippen LogP contribution < -0.4 is 15.4 Å². The minimum absolute atomic E-state index is 0.0172. The van der Waals surface area contributed by atoms with Gasteiger partial charge in [-0.1, -0.05) is 39.3 Å². The number of likely N-dealkylation sites (tertiary alicyclic amines) is 1. The second-order valence-corrected chi connectivity index (χ2v) is 18.8. The van der Waals surface area contributed by atoms with E-state index in [1.165, 1.54) is 0 Å². The van der Waals surface area contributed by atoms with E-state index in [2.05, 4.69) is 49.3 Å². The summed E-state index contributed by atoms with van der Waals surface area (Å²) in [5, 5.41) is 15.2. The van der Waals surface area contributed by atoms with Crippen molar-refractivity contribution in [2.24, 2.45) is 21.7 Å². The molecule has 8 aliphatic rings. The molecule has 6 amide bonds. The molecule has 4 heterocycles. The first kappa shape index (κ1) is 36.8. The zero-order chi connectivity index (χ0) is 39.7. The normalized spacial score (nSPS) is 31.3. The Balaban J connectivity index is 0.765. The van der Waals surface area contributed by atoms with Crippen LogP contribution in [0.3, 0.4) is 0 Å². The van der Waals surface area contributed by atoms with Crippen LogP contribution in [0.5, 0.6) is 5.75 Å². The Morgan fingerprint density at radius 1 is 0.893 bits per heavy atom. The van der Waals surface area contributed by atoms with E-state index in [4.69, 9.17) is 16.3 Å². The number of hydrogen-bond acceptors (Lipinski definition) is 9. The van der Waals surface area contributed by atoms with Crippen molar-refractivity contribution in [1.82, 2.24) is 25.3 Å². The maximum Gasteiger partial charge on any atom is 0.262 e. The lowest BCUT2D eigenvalue weighted by atomic mass is 9.34. The standard InChI is InChI=1S/C42H45ClN6O7/c1-39(2)35(40(3,4)36(39)56-26-6-5-22(16-44)29(43)15-26)46-37(54)41-19-42(20-41,21-41)38(55)47-11-9-25(10-12-47)48-17-23-13-27-28(14-24(23)18-48)34(53)49(33(27)52)30-7-8-31(50)45-32(30)51/h5-6,13-15,25,30,35-36H,7-12,17-21H2,1-4H3,(H,46,54)(H,45,50,51)/t30?,35-,36-,41?,42?. The molecule has 0 aromatic heterocycles. The van der Waals surface area contributed by atoms with Crippen LogP contribution in [0.15, 0.2) is 30.3 Å². The highest BCUT2D eigenvalue weighted by atomic mass is 35.5. The Kier molecular flexibility index (Phi) is 8.12. The van der Waals surface area contributed by atoms with Gasteiger partial charge in [0.1, 0.15) is 24.0 Å². The lowest BCUT2D eigenvalue weighted by molar-refractivity contribution is -0.223. The number of carbonyl (C=O) groups is 6. The highest BCUT2D eigenvalue weighted by Gasteiger charge is 2.76. The van der Waals surface area contributed by atoms with Crippen molar-refractivity contribution in [3.63, 3.8) is 0 Å². The van der Waals surface area contributed by atoms with Crippen molar-refractivity contribution in [3.8, 4) is 11.8 Å². The first-order valence-electron chi connectivity index (χ1n) is 19.6. The molecular formula is C42H45ClN6O7. The summed E-state index contributed by atoms with van der Waals surface area (Å²) in [6.45, 7) is 10.9. The molecule has 0 radical (unpaired) electrons. The van der Waals surface area contributed by atoms with E-state index >= 15 is 0 Å². The van der Waals surface area contributed by atoms with Crippen molar-refractivity contribution >= 4 is 47.0 Å². The Morgan fingerprint density at radius 3 is 2.05 bits per heavy atom. The number of nitrogens with zero attached hydrogens (tertiary/aromatic N) is 4. The molecule has 0 spiro atoms. The molecule has 4 aliphatic carbocycles. The summed E-state index contributed by atoms with van der Waals surface area (Å²) in [6, 6.07) is 9.81. The van der Waals surface area contributed by atoms with E-state index in [1.807, 2.05) is 4.90 Å². The quantitative estimate of drug-likeness (QED) is 0.393. The molecule has 2 saturated heterocycles. The minimum atomic E-state index is -0.989. The summed E-state index contributed by atoms with van der Waals surface area (Å²) in [4.78, 5) is 83.8. The van der Waals surface area contributed by atoms with Gasteiger partial charge in [0.05, 0.1) is 32.5 Å². The SMILES string of the molecule is CC1(C)[C@H](NC(=O)C23CC(C(=O)N4CCC(N5Cc6cc7c(cc6C5)C(=O)N(C5CCC(=O)NC5=O)C7=O)CC4)(C2)C3)C(C)(C)[C@H]1Oc1ccc(C#N)c(Cl)c1. The Morgan fingerprint density at radius 2 is 1.50 bits per heavy atom. The van der Waals surface area contributed by atoms with Crippen LogP contribution in [0.4, 0.5) is 0 Å². The highest BCUT2D eigenvalue weighted by Crippen LogP contribution is 2.74. The largest absolute Gasteiger partial charge is 0.489 e. The van der Waals surface area contributed by atoms with Crippen LogP contribution in [0, 0.1) is 33.0 Å². The van der Waals surface area contributed by atoms with E-state index in [9.17, 15) is 34.0 Å². The Labute approximate surface area is 330 Å². The second-order valence-electron chi connectivity index (χ2n) is 18.4. The number of ether oxygens (including phenoxy) is 1. The van der Waals surface area contributed by atoms with E-state index in [-0.39, 0.29) is 53.7 Å². The average Bonchev–Trinajstić information content (AvgIpc) is 3.64. The Bertz CT molecular complexity index is 2120. The highest BCUT2D eigenvalue weighted by molar-refractivity contribution is 6.31. The molecule has 14 heteroatoms.